The third-order valence-electron chi connectivity index (χ3n) is 4.49. The average Bonchev–Trinajstić information content (AvgIpc) is 3.31. The summed E-state index contributed by atoms with van der Waals surface area (Å²) >= 11 is 0. The van der Waals surface area contributed by atoms with Gasteiger partial charge >= 0.3 is 0 Å². The predicted octanol–water partition coefficient (Wildman–Crippen LogP) is 2.42. The van der Waals surface area contributed by atoms with E-state index in [9.17, 15) is 8.42 Å². The summed E-state index contributed by atoms with van der Waals surface area (Å²) in [5, 5.41) is 3.46. The van der Waals surface area contributed by atoms with Crippen molar-refractivity contribution in [3.05, 3.63) is 29.3 Å². The Labute approximate surface area is 127 Å². The lowest BCUT2D eigenvalue weighted by Crippen LogP contribution is -2.36. The van der Waals surface area contributed by atoms with E-state index in [0.717, 1.165) is 36.9 Å². The first kappa shape index (κ1) is 15.0. The fourth-order valence-corrected chi connectivity index (χ4v) is 4.70. The monoisotopic (exact) mass is 308 g/mol. The minimum atomic E-state index is -3.33. The standard InChI is InChI=1S/C16H24N2O2S/c1-13-14(12-17-15-8-9-15)6-5-7-16(13)21(19,20)18-10-3-2-4-11-18/h5-7,15,17H,2-4,8-12H2,1H3. The smallest absolute Gasteiger partial charge is 0.243 e. The van der Waals surface area contributed by atoms with Crippen molar-refractivity contribution in [3.63, 3.8) is 0 Å². The van der Waals surface area contributed by atoms with Crippen LogP contribution in [0.25, 0.3) is 0 Å². The Morgan fingerprint density at radius 1 is 1.19 bits per heavy atom. The lowest BCUT2D eigenvalue weighted by molar-refractivity contribution is 0.346. The highest BCUT2D eigenvalue weighted by atomic mass is 32.2. The SMILES string of the molecule is Cc1c(CNC2CC2)cccc1S(=O)(=O)N1CCCCC1. The Bertz CT molecular complexity index is 603. The van der Waals surface area contributed by atoms with Crippen molar-refractivity contribution in [2.75, 3.05) is 13.1 Å². The van der Waals surface area contributed by atoms with E-state index in [1.165, 1.54) is 12.8 Å². The van der Waals surface area contributed by atoms with E-state index in [4.69, 9.17) is 0 Å². The van der Waals surface area contributed by atoms with Gasteiger partial charge in [0.05, 0.1) is 4.90 Å². The molecule has 5 heteroatoms. The van der Waals surface area contributed by atoms with Gasteiger partial charge in [-0.1, -0.05) is 18.6 Å². The molecule has 1 aliphatic heterocycles. The topological polar surface area (TPSA) is 49.4 Å². The third-order valence-corrected chi connectivity index (χ3v) is 6.53. The number of sulfonamides is 1. The van der Waals surface area contributed by atoms with Gasteiger partial charge in [-0.15, -0.1) is 0 Å². The molecule has 0 spiro atoms. The number of rotatable bonds is 5. The van der Waals surface area contributed by atoms with Gasteiger partial charge in [0.15, 0.2) is 0 Å². The van der Waals surface area contributed by atoms with Crippen molar-refractivity contribution in [3.8, 4) is 0 Å². The molecule has 0 radical (unpaired) electrons. The van der Waals surface area contributed by atoms with E-state index < -0.39 is 10.0 Å². The van der Waals surface area contributed by atoms with Crippen LogP contribution in [0.15, 0.2) is 23.1 Å². The van der Waals surface area contributed by atoms with Gasteiger partial charge in [-0.05, 0) is 49.8 Å². The van der Waals surface area contributed by atoms with Crippen LogP contribution in [0, 0.1) is 6.92 Å². The molecule has 0 unspecified atom stereocenters. The van der Waals surface area contributed by atoms with Crippen LogP contribution < -0.4 is 5.32 Å². The summed E-state index contributed by atoms with van der Waals surface area (Å²) in [6, 6.07) is 6.28. The maximum atomic E-state index is 12.8. The highest BCUT2D eigenvalue weighted by molar-refractivity contribution is 7.89. The number of nitrogens with one attached hydrogen (secondary N) is 1. The van der Waals surface area contributed by atoms with Crippen molar-refractivity contribution >= 4 is 10.0 Å². The molecule has 1 heterocycles. The van der Waals surface area contributed by atoms with E-state index in [1.807, 2.05) is 19.1 Å². The van der Waals surface area contributed by atoms with Crippen LogP contribution in [-0.2, 0) is 16.6 Å². The van der Waals surface area contributed by atoms with Gasteiger partial charge in [0.2, 0.25) is 10.0 Å². The molecule has 4 nitrogen and oxygen atoms in total. The molecule has 1 saturated carbocycles. The number of hydrogen-bond acceptors (Lipinski definition) is 3. The first-order valence-electron chi connectivity index (χ1n) is 7.91. The predicted molar refractivity (Wildman–Crippen MR) is 83.7 cm³/mol. The fourth-order valence-electron chi connectivity index (χ4n) is 2.92. The molecule has 0 aromatic heterocycles. The number of hydrogen-bond donors (Lipinski definition) is 1. The summed E-state index contributed by atoms with van der Waals surface area (Å²) in [5.74, 6) is 0. The van der Waals surface area contributed by atoms with Crippen molar-refractivity contribution in [2.45, 2.75) is 56.5 Å². The van der Waals surface area contributed by atoms with Crippen molar-refractivity contribution in [1.29, 1.82) is 0 Å². The van der Waals surface area contributed by atoms with Crippen molar-refractivity contribution < 1.29 is 8.42 Å². The van der Waals surface area contributed by atoms with Gasteiger partial charge in [0.1, 0.15) is 0 Å². The maximum absolute atomic E-state index is 12.8. The van der Waals surface area contributed by atoms with Crippen molar-refractivity contribution in [1.82, 2.24) is 9.62 Å². The second-order valence-electron chi connectivity index (χ2n) is 6.16. The minimum Gasteiger partial charge on any atom is -0.310 e. The fraction of sp³-hybridized carbons (Fsp3) is 0.625. The normalized spacial score (nSPS) is 20.6. The first-order chi connectivity index (χ1) is 10.1. The number of piperidine rings is 1. The Balaban J connectivity index is 1.84. The molecule has 2 fully saturated rings. The number of benzene rings is 1. The van der Waals surface area contributed by atoms with Crippen LogP contribution in [0.5, 0.6) is 0 Å². The quantitative estimate of drug-likeness (QED) is 0.909. The van der Waals surface area contributed by atoms with Gasteiger partial charge in [0.25, 0.3) is 0 Å². The summed E-state index contributed by atoms with van der Waals surface area (Å²) in [5.41, 5.74) is 2.00. The maximum Gasteiger partial charge on any atom is 0.243 e. The lowest BCUT2D eigenvalue weighted by atomic mass is 10.1. The molecule has 1 aromatic carbocycles. The van der Waals surface area contributed by atoms with Gasteiger partial charge < -0.3 is 5.32 Å². The highest BCUT2D eigenvalue weighted by Gasteiger charge is 2.28. The molecule has 21 heavy (non-hydrogen) atoms. The molecule has 0 amide bonds. The summed E-state index contributed by atoms with van der Waals surface area (Å²) in [4.78, 5) is 0.486. The molecule has 116 valence electrons. The lowest BCUT2D eigenvalue weighted by Gasteiger charge is -2.27. The second kappa shape index (κ2) is 6.07. The molecule has 0 bridgehead atoms. The highest BCUT2D eigenvalue weighted by Crippen LogP contribution is 2.26. The van der Waals surface area contributed by atoms with Crippen LogP contribution in [0.1, 0.15) is 43.2 Å². The minimum absolute atomic E-state index is 0.486. The van der Waals surface area contributed by atoms with Crippen molar-refractivity contribution in [2.24, 2.45) is 0 Å². The molecule has 1 aliphatic carbocycles. The summed E-state index contributed by atoms with van der Waals surface area (Å²) in [6.45, 7) is 4.01. The molecule has 0 atom stereocenters. The largest absolute Gasteiger partial charge is 0.310 e. The van der Waals surface area contributed by atoms with Gasteiger partial charge in [0, 0.05) is 25.7 Å². The molecular weight excluding hydrogens is 284 g/mol. The zero-order valence-corrected chi connectivity index (χ0v) is 13.5. The van der Waals surface area contributed by atoms with Gasteiger partial charge in [-0.25, -0.2) is 8.42 Å². The second-order valence-corrected chi connectivity index (χ2v) is 8.07. The average molecular weight is 308 g/mol. The Hall–Kier alpha value is -0.910. The van der Waals surface area contributed by atoms with Gasteiger partial charge in [-0.2, -0.15) is 4.31 Å². The Morgan fingerprint density at radius 2 is 1.90 bits per heavy atom. The van der Waals surface area contributed by atoms with Crippen LogP contribution in [0.3, 0.4) is 0 Å². The van der Waals surface area contributed by atoms with Gasteiger partial charge in [-0.3, -0.25) is 0 Å². The van der Waals surface area contributed by atoms with E-state index in [1.54, 1.807) is 10.4 Å². The number of nitrogens with zero attached hydrogens (tertiary/aromatic N) is 1. The molecule has 1 aromatic rings. The van der Waals surface area contributed by atoms with Crippen LogP contribution in [-0.4, -0.2) is 31.9 Å². The van der Waals surface area contributed by atoms with E-state index >= 15 is 0 Å². The molecule has 3 rings (SSSR count). The summed E-state index contributed by atoms with van der Waals surface area (Å²) in [7, 11) is -3.33. The van der Waals surface area contributed by atoms with Crippen LogP contribution in [0.4, 0.5) is 0 Å². The summed E-state index contributed by atoms with van der Waals surface area (Å²) < 4.78 is 27.3. The molecule has 1 N–H and O–H groups in total. The first-order valence-corrected chi connectivity index (χ1v) is 9.35. The van der Waals surface area contributed by atoms with E-state index in [-0.39, 0.29) is 0 Å². The molecule has 2 aliphatic rings. The Morgan fingerprint density at radius 3 is 2.57 bits per heavy atom. The molecule has 1 saturated heterocycles. The van der Waals surface area contributed by atoms with E-state index in [2.05, 4.69) is 5.32 Å². The zero-order chi connectivity index (χ0) is 14.9. The van der Waals surface area contributed by atoms with Crippen LogP contribution in [0.2, 0.25) is 0 Å². The zero-order valence-electron chi connectivity index (χ0n) is 12.6. The third kappa shape index (κ3) is 3.30. The van der Waals surface area contributed by atoms with E-state index in [0.29, 0.717) is 24.0 Å². The summed E-state index contributed by atoms with van der Waals surface area (Å²) in [6.07, 6.45) is 5.56. The molecular formula is C16H24N2O2S. The Kier molecular flexibility index (Phi) is 4.33. The van der Waals surface area contributed by atoms with Crippen LogP contribution >= 0.6 is 0 Å².